The van der Waals surface area contributed by atoms with Crippen molar-refractivity contribution in [2.75, 3.05) is 13.2 Å². The Kier molecular flexibility index (Phi) is 3.78. The van der Waals surface area contributed by atoms with E-state index in [0.717, 1.165) is 24.4 Å². The molecule has 0 amide bonds. The summed E-state index contributed by atoms with van der Waals surface area (Å²) in [5.74, 6) is 1.78. The Labute approximate surface area is 127 Å². The second-order valence-electron chi connectivity index (χ2n) is 7.02. The third-order valence-electron chi connectivity index (χ3n) is 4.73. The van der Waals surface area contributed by atoms with Crippen LogP contribution in [-0.2, 0) is 15.9 Å². The molecular formula is C17H26N2O2. The molecule has 4 heteroatoms. The van der Waals surface area contributed by atoms with Gasteiger partial charge in [0, 0.05) is 35.9 Å². The first kappa shape index (κ1) is 14.9. The van der Waals surface area contributed by atoms with Crippen LogP contribution in [0.15, 0.2) is 0 Å². The van der Waals surface area contributed by atoms with Crippen molar-refractivity contribution in [2.24, 2.45) is 5.92 Å². The standard InChI is InChI=1S/C17H26N2O2/c1-10(2)13-8-17(20-6-7-21-17)9-14-12(5)18-16(11(3)4)19-15(13)14/h10-11,13H,6-9H2,1-5H3. The summed E-state index contributed by atoms with van der Waals surface area (Å²) >= 11 is 0. The maximum absolute atomic E-state index is 5.97. The summed E-state index contributed by atoms with van der Waals surface area (Å²) < 4.78 is 11.9. The number of aryl methyl sites for hydroxylation is 1. The molecule has 0 saturated carbocycles. The molecule has 1 aromatic heterocycles. The molecule has 21 heavy (non-hydrogen) atoms. The van der Waals surface area contributed by atoms with Gasteiger partial charge in [-0.15, -0.1) is 0 Å². The maximum atomic E-state index is 5.97. The van der Waals surface area contributed by atoms with E-state index in [-0.39, 0.29) is 0 Å². The Hall–Kier alpha value is -1.00. The van der Waals surface area contributed by atoms with Crippen molar-refractivity contribution < 1.29 is 9.47 Å². The van der Waals surface area contributed by atoms with Crippen molar-refractivity contribution in [3.8, 4) is 0 Å². The summed E-state index contributed by atoms with van der Waals surface area (Å²) in [5.41, 5.74) is 3.56. The van der Waals surface area contributed by atoms with Crippen LogP contribution in [0.4, 0.5) is 0 Å². The highest BCUT2D eigenvalue weighted by Crippen LogP contribution is 2.45. The van der Waals surface area contributed by atoms with E-state index >= 15 is 0 Å². The largest absolute Gasteiger partial charge is 0.347 e. The second-order valence-corrected chi connectivity index (χ2v) is 7.02. The van der Waals surface area contributed by atoms with Gasteiger partial charge in [-0.05, 0) is 12.8 Å². The third kappa shape index (κ3) is 2.59. The van der Waals surface area contributed by atoms with Gasteiger partial charge in [-0.3, -0.25) is 0 Å². The Morgan fingerprint density at radius 1 is 1.10 bits per heavy atom. The Bertz CT molecular complexity index is 534. The zero-order chi connectivity index (χ0) is 15.2. The van der Waals surface area contributed by atoms with Gasteiger partial charge in [-0.25, -0.2) is 9.97 Å². The fraction of sp³-hybridized carbons (Fsp3) is 0.765. The van der Waals surface area contributed by atoms with Gasteiger partial charge in [-0.1, -0.05) is 27.7 Å². The molecule has 1 saturated heterocycles. The van der Waals surface area contributed by atoms with Gasteiger partial charge in [0.2, 0.25) is 0 Å². The third-order valence-corrected chi connectivity index (χ3v) is 4.73. The zero-order valence-corrected chi connectivity index (χ0v) is 13.8. The maximum Gasteiger partial charge on any atom is 0.173 e. The van der Waals surface area contributed by atoms with E-state index < -0.39 is 5.79 Å². The number of fused-ring (bicyclic) bond motifs is 1. The number of hydrogen-bond donors (Lipinski definition) is 0. The number of rotatable bonds is 2. The predicted molar refractivity (Wildman–Crippen MR) is 81.4 cm³/mol. The van der Waals surface area contributed by atoms with E-state index in [1.807, 2.05) is 0 Å². The van der Waals surface area contributed by atoms with Gasteiger partial charge in [0.15, 0.2) is 5.79 Å². The Morgan fingerprint density at radius 2 is 1.76 bits per heavy atom. The van der Waals surface area contributed by atoms with Gasteiger partial charge >= 0.3 is 0 Å². The van der Waals surface area contributed by atoms with E-state index in [4.69, 9.17) is 19.4 Å². The Balaban J connectivity index is 2.08. The molecule has 1 aliphatic carbocycles. The van der Waals surface area contributed by atoms with Crippen LogP contribution in [0.1, 0.15) is 68.7 Å². The predicted octanol–water partition coefficient (Wildman–Crippen LogP) is 3.34. The van der Waals surface area contributed by atoms with Gasteiger partial charge < -0.3 is 9.47 Å². The molecule has 2 heterocycles. The molecule has 0 bridgehead atoms. The van der Waals surface area contributed by atoms with Gasteiger partial charge in [0.25, 0.3) is 0 Å². The van der Waals surface area contributed by atoms with Crippen LogP contribution < -0.4 is 0 Å². The van der Waals surface area contributed by atoms with Crippen LogP contribution in [0.5, 0.6) is 0 Å². The molecule has 1 aliphatic heterocycles. The topological polar surface area (TPSA) is 44.2 Å². The van der Waals surface area contributed by atoms with Gasteiger partial charge in [0.1, 0.15) is 5.82 Å². The van der Waals surface area contributed by atoms with E-state index in [9.17, 15) is 0 Å². The first-order valence-corrected chi connectivity index (χ1v) is 8.07. The smallest absolute Gasteiger partial charge is 0.173 e. The van der Waals surface area contributed by atoms with Crippen LogP contribution in [0, 0.1) is 12.8 Å². The minimum absolute atomic E-state index is 0.358. The van der Waals surface area contributed by atoms with Crippen LogP contribution in [0.3, 0.4) is 0 Å². The fourth-order valence-corrected chi connectivity index (χ4v) is 3.47. The molecule has 4 nitrogen and oxygen atoms in total. The van der Waals surface area contributed by atoms with Crippen molar-refractivity contribution in [3.63, 3.8) is 0 Å². The van der Waals surface area contributed by atoms with Crippen molar-refractivity contribution >= 4 is 0 Å². The van der Waals surface area contributed by atoms with E-state index in [1.165, 1.54) is 11.3 Å². The molecule has 1 spiro atoms. The lowest BCUT2D eigenvalue weighted by Gasteiger charge is -2.39. The molecule has 0 aromatic carbocycles. The number of nitrogens with zero attached hydrogens (tertiary/aromatic N) is 2. The van der Waals surface area contributed by atoms with Crippen molar-refractivity contribution in [1.29, 1.82) is 0 Å². The number of hydrogen-bond acceptors (Lipinski definition) is 4. The lowest BCUT2D eigenvalue weighted by molar-refractivity contribution is -0.171. The lowest BCUT2D eigenvalue weighted by atomic mass is 9.76. The quantitative estimate of drug-likeness (QED) is 0.838. The van der Waals surface area contributed by atoms with Gasteiger partial charge in [0.05, 0.1) is 18.9 Å². The molecular weight excluding hydrogens is 264 g/mol. The van der Waals surface area contributed by atoms with Crippen molar-refractivity contribution in [3.05, 3.63) is 22.8 Å². The first-order valence-electron chi connectivity index (χ1n) is 8.07. The summed E-state index contributed by atoms with van der Waals surface area (Å²) in [5, 5.41) is 0. The zero-order valence-electron chi connectivity index (χ0n) is 13.8. The number of aromatic nitrogens is 2. The van der Waals surface area contributed by atoms with E-state index in [1.54, 1.807) is 0 Å². The summed E-state index contributed by atoms with van der Waals surface area (Å²) in [6, 6.07) is 0. The average Bonchev–Trinajstić information content (AvgIpc) is 2.86. The molecule has 1 fully saturated rings. The average molecular weight is 290 g/mol. The summed E-state index contributed by atoms with van der Waals surface area (Å²) in [7, 11) is 0. The molecule has 3 rings (SSSR count). The highest BCUT2D eigenvalue weighted by molar-refractivity contribution is 5.33. The molecule has 0 N–H and O–H groups in total. The molecule has 116 valence electrons. The van der Waals surface area contributed by atoms with Crippen LogP contribution in [0.2, 0.25) is 0 Å². The second kappa shape index (κ2) is 5.33. The van der Waals surface area contributed by atoms with E-state index in [2.05, 4.69) is 34.6 Å². The van der Waals surface area contributed by atoms with Crippen molar-refractivity contribution in [2.45, 2.75) is 65.1 Å². The lowest BCUT2D eigenvalue weighted by Crippen LogP contribution is -2.41. The highest BCUT2D eigenvalue weighted by Gasteiger charge is 2.46. The fourth-order valence-electron chi connectivity index (χ4n) is 3.47. The molecule has 2 aliphatic rings. The number of ether oxygens (including phenoxy) is 2. The van der Waals surface area contributed by atoms with Crippen LogP contribution in [0.25, 0.3) is 0 Å². The molecule has 0 radical (unpaired) electrons. The SMILES string of the molecule is Cc1nc(C(C)C)nc2c1CC1(CC2C(C)C)OCCO1. The summed E-state index contributed by atoms with van der Waals surface area (Å²) in [6.07, 6.45) is 1.70. The van der Waals surface area contributed by atoms with Crippen LogP contribution >= 0.6 is 0 Å². The molecule has 1 unspecified atom stereocenters. The van der Waals surface area contributed by atoms with Gasteiger partial charge in [-0.2, -0.15) is 0 Å². The minimum Gasteiger partial charge on any atom is -0.347 e. The summed E-state index contributed by atoms with van der Waals surface area (Å²) in [6.45, 7) is 12.3. The monoisotopic (exact) mass is 290 g/mol. The summed E-state index contributed by atoms with van der Waals surface area (Å²) in [4.78, 5) is 9.62. The van der Waals surface area contributed by atoms with E-state index in [0.29, 0.717) is 31.0 Å². The molecule has 1 atom stereocenters. The highest BCUT2D eigenvalue weighted by atomic mass is 16.7. The Morgan fingerprint density at radius 3 is 2.33 bits per heavy atom. The minimum atomic E-state index is -0.435. The first-order chi connectivity index (χ1) is 9.92. The van der Waals surface area contributed by atoms with Crippen LogP contribution in [-0.4, -0.2) is 29.0 Å². The normalized spacial score (nSPS) is 24.0. The molecule has 1 aromatic rings. The van der Waals surface area contributed by atoms with Crippen molar-refractivity contribution in [1.82, 2.24) is 9.97 Å².